The first-order valence-corrected chi connectivity index (χ1v) is 12.5. The van der Waals surface area contributed by atoms with E-state index in [-0.39, 0.29) is 12.1 Å². The Hall–Kier alpha value is -2.58. The van der Waals surface area contributed by atoms with Crippen molar-refractivity contribution in [3.8, 4) is 5.75 Å². The monoisotopic (exact) mass is 443 g/mol. The minimum Gasteiger partial charge on any atom is -0.497 e. The van der Waals surface area contributed by atoms with Crippen molar-refractivity contribution in [2.45, 2.75) is 36.7 Å². The summed E-state index contributed by atoms with van der Waals surface area (Å²) in [6.07, 6.45) is 3.69. The molecule has 0 atom stereocenters. The van der Waals surface area contributed by atoms with Crippen LogP contribution in [0.15, 0.2) is 47.4 Å². The van der Waals surface area contributed by atoms with E-state index in [0.29, 0.717) is 17.9 Å². The molecule has 31 heavy (non-hydrogen) atoms. The Morgan fingerprint density at radius 1 is 1.13 bits per heavy atom. The van der Waals surface area contributed by atoms with E-state index in [1.807, 2.05) is 12.1 Å². The molecule has 2 amide bonds. The number of sulfone groups is 1. The Kier molecular flexibility index (Phi) is 6.20. The summed E-state index contributed by atoms with van der Waals surface area (Å²) in [5.74, 6) is 0.870. The average Bonchev–Trinajstić information content (AvgIpc) is 3.18. The second-order valence-electron chi connectivity index (χ2n) is 8.32. The summed E-state index contributed by atoms with van der Waals surface area (Å²) < 4.78 is 28.9. The van der Waals surface area contributed by atoms with Crippen LogP contribution < -0.4 is 15.0 Å². The molecule has 0 unspecified atom stereocenters. The van der Waals surface area contributed by atoms with E-state index < -0.39 is 9.84 Å². The maximum absolute atomic E-state index is 12.9. The number of nitrogens with one attached hydrogen (secondary N) is 1. The molecule has 0 spiro atoms. The molecule has 7 nitrogen and oxygen atoms in total. The molecule has 1 saturated heterocycles. The van der Waals surface area contributed by atoms with Crippen LogP contribution in [0.2, 0.25) is 0 Å². The number of hydrogen-bond acceptors (Lipinski definition) is 5. The number of piperidine rings is 1. The van der Waals surface area contributed by atoms with Gasteiger partial charge in [-0.25, -0.2) is 13.2 Å². The van der Waals surface area contributed by atoms with Gasteiger partial charge < -0.3 is 10.1 Å². The Morgan fingerprint density at radius 2 is 1.90 bits per heavy atom. The fraction of sp³-hybridized carbons (Fsp3) is 0.435. The number of methoxy groups -OCH3 is 1. The van der Waals surface area contributed by atoms with Crippen LogP contribution in [-0.2, 0) is 22.8 Å². The van der Waals surface area contributed by atoms with E-state index in [4.69, 9.17) is 4.74 Å². The largest absolute Gasteiger partial charge is 0.497 e. The molecule has 8 heteroatoms. The van der Waals surface area contributed by atoms with Gasteiger partial charge in [-0.05, 0) is 60.7 Å². The van der Waals surface area contributed by atoms with Crippen LogP contribution in [0.4, 0.5) is 10.5 Å². The number of hydrogen-bond donors (Lipinski definition) is 1. The molecular weight excluding hydrogens is 414 g/mol. The van der Waals surface area contributed by atoms with Gasteiger partial charge in [-0.15, -0.1) is 0 Å². The molecule has 1 N–H and O–H groups in total. The highest BCUT2D eigenvalue weighted by Crippen LogP contribution is 2.30. The van der Waals surface area contributed by atoms with Crippen molar-refractivity contribution in [3.05, 3.63) is 53.6 Å². The Bertz CT molecular complexity index is 1060. The molecular formula is C23H29N3O4S. The molecule has 0 aliphatic carbocycles. The second-order valence-corrected chi connectivity index (χ2v) is 10.3. The van der Waals surface area contributed by atoms with Crippen LogP contribution in [0.25, 0.3) is 0 Å². The predicted molar refractivity (Wildman–Crippen MR) is 120 cm³/mol. The average molecular weight is 444 g/mol. The highest BCUT2D eigenvalue weighted by Gasteiger charge is 2.28. The first kappa shape index (κ1) is 21.6. The summed E-state index contributed by atoms with van der Waals surface area (Å²) >= 11 is 0. The summed E-state index contributed by atoms with van der Waals surface area (Å²) in [6, 6.07) is 13.2. The van der Waals surface area contributed by atoms with Crippen molar-refractivity contribution in [2.24, 2.45) is 0 Å². The number of amides is 2. The molecule has 0 bridgehead atoms. The standard InChI is InChI=1S/C23H29N3O4S/c1-30-20-5-3-4-17(14-20)16-25-11-9-19(10-12-25)24-23(27)26-13-8-18-15-21(31(2,28)29)6-7-22(18)26/h3-7,14-15,19H,8-13,16H2,1-2H3,(H,24,27). The smallest absolute Gasteiger partial charge is 0.322 e. The topological polar surface area (TPSA) is 79.0 Å². The number of anilines is 1. The van der Waals surface area contributed by atoms with Gasteiger partial charge in [-0.1, -0.05) is 12.1 Å². The quantitative estimate of drug-likeness (QED) is 0.769. The molecule has 0 radical (unpaired) electrons. The number of benzene rings is 2. The molecule has 4 rings (SSSR count). The number of fused-ring (bicyclic) bond motifs is 1. The van der Waals surface area contributed by atoms with Crippen LogP contribution in [0.1, 0.15) is 24.0 Å². The molecule has 1 fully saturated rings. The summed E-state index contributed by atoms with van der Waals surface area (Å²) in [7, 11) is -1.57. The third-order valence-corrected chi connectivity index (χ3v) is 7.19. The zero-order valence-corrected chi connectivity index (χ0v) is 18.8. The minimum atomic E-state index is -3.25. The van der Waals surface area contributed by atoms with Crippen LogP contribution in [0.3, 0.4) is 0 Å². The highest BCUT2D eigenvalue weighted by atomic mass is 32.2. The molecule has 0 saturated carbocycles. The molecule has 2 aliphatic heterocycles. The lowest BCUT2D eigenvalue weighted by Crippen LogP contribution is -2.48. The fourth-order valence-corrected chi connectivity index (χ4v) is 5.01. The summed E-state index contributed by atoms with van der Waals surface area (Å²) in [4.78, 5) is 17.3. The molecule has 2 heterocycles. The first-order valence-electron chi connectivity index (χ1n) is 10.6. The van der Waals surface area contributed by atoms with Gasteiger partial charge in [0.2, 0.25) is 0 Å². The number of urea groups is 1. The lowest BCUT2D eigenvalue weighted by atomic mass is 10.0. The van der Waals surface area contributed by atoms with E-state index in [0.717, 1.165) is 49.5 Å². The predicted octanol–water partition coefficient (Wildman–Crippen LogP) is 2.84. The number of carbonyl (C=O) groups excluding carboxylic acids is 1. The lowest BCUT2D eigenvalue weighted by Gasteiger charge is -2.33. The number of rotatable bonds is 5. The Labute approximate surface area is 183 Å². The maximum Gasteiger partial charge on any atom is 0.322 e. The van der Waals surface area contributed by atoms with E-state index in [9.17, 15) is 13.2 Å². The summed E-state index contributed by atoms with van der Waals surface area (Å²) in [6.45, 7) is 3.30. The van der Waals surface area contributed by atoms with Crippen molar-refractivity contribution in [2.75, 3.05) is 37.9 Å². The van der Waals surface area contributed by atoms with Gasteiger partial charge in [-0.2, -0.15) is 0 Å². The Morgan fingerprint density at radius 3 is 2.61 bits per heavy atom. The van der Waals surface area contributed by atoms with Gasteiger partial charge >= 0.3 is 6.03 Å². The van der Waals surface area contributed by atoms with Crippen molar-refractivity contribution >= 4 is 21.6 Å². The number of carbonyl (C=O) groups is 1. The molecule has 2 aromatic carbocycles. The van der Waals surface area contributed by atoms with E-state index in [1.54, 1.807) is 30.2 Å². The van der Waals surface area contributed by atoms with Crippen molar-refractivity contribution in [1.82, 2.24) is 10.2 Å². The van der Waals surface area contributed by atoms with Gasteiger partial charge in [0.25, 0.3) is 0 Å². The SMILES string of the molecule is COc1cccc(CN2CCC(NC(=O)N3CCc4cc(S(C)(=O)=O)ccc43)CC2)c1. The zero-order valence-electron chi connectivity index (χ0n) is 18.0. The van der Waals surface area contributed by atoms with Crippen molar-refractivity contribution in [1.29, 1.82) is 0 Å². The zero-order chi connectivity index (χ0) is 22.0. The molecule has 166 valence electrons. The number of nitrogens with zero attached hydrogens (tertiary/aromatic N) is 2. The van der Waals surface area contributed by atoms with E-state index >= 15 is 0 Å². The lowest BCUT2D eigenvalue weighted by molar-refractivity contribution is 0.188. The molecule has 2 aromatic rings. The number of ether oxygens (including phenoxy) is 1. The Balaban J connectivity index is 1.31. The van der Waals surface area contributed by atoms with Crippen LogP contribution in [0.5, 0.6) is 5.75 Å². The fourth-order valence-electron chi connectivity index (χ4n) is 4.34. The minimum absolute atomic E-state index is 0.0999. The summed E-state index contributed by atoms with van der Waals surface area (Å²) in [5.41, 5.74) is 2.94. The van der Waals surface area contributed by atoms with Gasteiger partial charge in [0.15, 0.2) is 9.84 Å². The van der Waals surface area contributed by atoms with Gasteiger partial charge in [0.05, 0.1) is 12.0 Å². The number of likely N-dealkylation sites (tertiary alicyclic amines) is 1. The molecule has 0 aromatic heterocycles. The highest BCUT2D eigenvalue weighted by molar-refractivity contribution is 7.90. The third-order valence-electron chi connectivity index (χ3n) is 6.08. The van der Waals surface area contributed by atoms with Gasteiger partial charge in [0, 0.05) is 44.2 Å². The van der Waals surface area contributed by atoms with Gasteiger partial charge in [-0.3, -0.25) is 9.80 Å². The van der Waals surface area contributed by atoms with E-state index in [1.165, 1.54) is 11.8 Å². The van der Waals surface area contributed by atoms with Crippen LogP contribution in [-0.4, -0.2) is 58.4 Å². The normalized spacial score (nSPS) is 17.4. The van der Waals surface area contributed by atoms with Gasteiger partial charge in [0.1, 0.15) is 5.75 Å². The summed E-state index contributed by atoms with van der Waals surface area (Å²) in [5, 5.41) is 3.17. The van der Waals surface area contributed by atoms with Crippen molar-refractivity contribution in [3.63, 3.8) is 0 Å². The molecule has 2 aliphatic rings. The third kappa shape index (κ3) is 5.02. The maximum atomic E-state index is 12.9. The van der Waals surface area contributed by atoms with Crippen molar-refractivity contribution < 1.29 is 17.9 Å². The first-order chi connectivity index (χ1) is 14.8. The second kappa shape index (κ2) is 8.88. The van der Waals surface area contributed by atoms with Crippen LogP contribution >= 0.6 is 0 Å². The van der Waals surface area contributed by atoms with Crippen LogP contribution in [0, 0.1) is 0 Å². The van der Waals surface area contributed by atoms with E-state index in [2.05, 4.69) is 22.3 Å².